The summed E-state index contributed by atoms with van der Waals surface area (Å²) >= 11 is 0. The molecule has 4 heteroatoms. The van der Waals surface area contributed by atoms with Crippen LogP contribution in [-0.2, 0) is 14.3 Å². The standard InChI is InChI=1S/C14H27NO3/c1-4-6-7-11-10(3)18-14(16)12(15)8-9-17-13(11)5-2/h10-13H,4-9,15H2,1-3H3/t10-,11-,12-,13+/m0/s1. The van der Waals surface area contributed by atoms with Crippen molar-refractivity contribution in [3.63, 3.8) is 0 Å². The van der Waals surface area contributed by atoms with Crippen LogP contribution in [0.5, 0.6) is 0 Å². The fourth-order valence-electron chi connectivity index (χ4n) is 2.53. The van der Waals surface area contributed by atoms with Crippen molar-refractivity contribution in [2.45, 2.75) is 71.1 Å². The quantitative estimate of drug-likeness (QED) is 0.785. The lowest BCUT2D eigenvalue weighted by molar-refractivity contribution is -0.153. The summed E-state index contributed by atoms with van der Waals surface area (Å²) < 4.78 is 11.4. The van der Waals surface area contributed by atoms with Gasteiger partial charge in [0.05, 0.1) is 6.10 Å². The first-order valence-electron chi connectivity index (χ1n) is 7.17. The van der Waals surface area contributed by atoms with Crippen LogP contribution in [0.1, 0.15) is 52.9 Å². The Hall–Kier alpha value is -0.610. The maximum atomic E-state index is 11.7. The third kappa shape index (κ3) is 4.25. The van der Waals surface area contributed by atoms with Crippen LogP contribution in [0.25, 0.3) is 0 Å². The smallest absolute Gasteiger partial charge is 0.323 e. The van der Waals surface area contributed by atoms with E-state index in [0.717, 1.165) is 25.7 Å². The van der Waals surface area contributed by atoms with Crippen LogP contribution in [0.4, 0.5) is 0 Å². The third-order valence-electron chi connectivity index (χ3n) is 3.74. The molecule has 1 aliphatic heterocycles. The summed E-state index contributed by atoms with van der Waals surface area (Å²) in [6, 6.07) is -0.546. The maximum absolute atomic E-state index is 11.7. The van der Waals surface area contributed by atoms with E-state index in [1.165, 1.54) is 0 Å². The predicted molar refractivity (Wildman–Crippen MR) is 71.2 cm³/mol. The second-order valence-electron chi connectivity index (χ2n) is 5.16. The minimum atomic E-state index is -0.546. The summed E-state index contributed by atoms with van der Waals surface area (Å²) in [7, 11) is 0. The van der Waals surface area contributed by atoms with Crippen LogP contribution in [-0.4, -0.2) is 30.8 Å². The van der Waals surface area contributed by atoms with Crippen LogP contribution in [0.15, 0.2) is 0 Å². The molecule has 0 aromatic rings. The molecule has 0 saturated carbocycles. The topological polar surface area (TPSA) is 61.5 Å². The maximum Gasteiger partial charge on any atom is 0.323 e. The van der Waals surface area contributed by atoms with Gasteiger partial charge in [0.1, 0.15) is 12.1 Å². The first-order chi connectivity index (χ1) is 8.60. The average Bonchev–Trinajstić information content (AvgIpc) is 2.39. The number of nitrogens with two attached hydrogens (primary N) is 1. The van der Waals surface area contributed by atoms with Crippen molar-refractivity contribution >= 4 is 5.97 Å². The summed E-state index contributed by atoms with van der Waals surface area (Å²) in [4.78, 5) is 11.7. The molecular formula is C14H27NO3. The molecule has 106 valence electrons. The molecule has 0 amide bonds. The Morgan fingerprint density at radius 1 is 1.39 bits per heavy atom. The van der Waals surface area contributed by atoms with Crippen molar-refractivity contribution in [2.75, 3.05) is 6.61 Å². The van der Waals surface area contributed by atoms with Gasteiger partial charge in [-0.2, -0.15) is 0 Å². The van der Waals surface area contributed by atoms with E-state index in [4.69, 9.17) is 15.2 Å². The lowest BCUT2D eigenvalue weighted by atomic mass is 9.89. The van der Waals surface area contributed by atoms with Crippen molar-refractivity contribution in [1.29, 1.82) is 0 Å². The number of hydrogen-bond acceptors (Lipinski definition) is 4. The van der Waals surface area contributed by atoms with Crippen LogP contribution >= 0.6 is 0 Å². The van der Waals surface area contributed by atoms with E-state index in [2.05, 4.69) is 13.8 Å². The van der Waals surface area contributed by atoms with Crippen molar-refractivity contribution in [2.24, 2.45) is 11.7 Å². The third-order valence-corrected chi connectivity index (χ3v) is 3.74. The highest BCUT2D eigenvalue weighted by Crippen LogP contribution is 2.26. The van der Waals surface area contributed by atoms with Gasteiger partial charge in [-0.15, -0.1) is 0 Å². The van der Waals surface area contributed by atoms with Crippen molar-refractivity contribution in [1.82, 2.24) is 0 Å². The Morgan fingerprint density at radius 3 is 2.72 bits per heavy atom. The highest BCUT2D eigenvalue weighted by Gasteiger charge is 2.31. The molecule has 0 spiro atoms. The van der Waals surface area contributed by atoms with Crippen molar-refractivity contribution < 1.29 is 14.3 Å². The van der Waals surface area contributed by atoms with Crippen LogP contribution in [0.2, 0.25) is 0 Å². The van der Waals surface area contributed by atoms with E-state index in [-0.39, 0.29) is 24.1 Å². The number of carbonyl (C=O) groups excluding carboxylic acids is 1. The molecule has 18 heavy (non-hydrogen) atoms. The highest BCUT2D eigenvalue weighted by atomic mass is 16.5. The lowest BCUT2D eigenvalue weighted by Crippen LogP contribution is -2.37. The number of carbonyl (C=O) groups is 1. The van der Waals surface area contributed by atoms with Gasteiger partial charge in [-0.05, 0) is 26.2 Å². The van der Waals surface area contributed by atoms with E-state index in [1.807, 2.05) is 6.92 Å². The Kier molecular flexibility index (Phi) is 6.65. The van der Waals surface area contributed by atoms with E-state index in [1.54, 1.807) is 0 Å². The monoisotopic (exact) mass is 257 g/mol. The highest BCUT2D eigenvalue weighted by molar-refractivity contribution is 5.75. The van der Waals surface area contributed by atoms with Crippen molar-refractivity contribution in [3.05, 3.63) is 0 Å². The molecule has 0 unspecified atom stereocenters. The number of rotatable bonds is 4. The molecule has 0 aromatic carbocycles. The van der Waals surface area contributed by atoms with E-state index < -0.39 is 6.04 Å². The minimum Gasteiger partial charge on any atom is -0.461 e. The number of ether oxygens (including phenoxy) is 2. The number of cyclic esters (lactones) is 1. The Labute approximate surface area is 110 Å². The van der Waals surface area contributed by atoms with Gasteiger partial charge in [-0.1, -0.05) is 26.7 Å². The number of unbranched alkanes of at least 4 members (excludes halogenated alkanes) is 1. The SMILES string of the molecule is CCCC[C@H]1[C@H](C)OC(=O)[C@@H](N)CCO[C@@H]1CC. The summed E-state index contributed by atoms with van der Waals surface area (Å²) in [5.41, 5.74) is 5.76. The molecule has 0 aliphatic carbocycles. The second kappa shape index (κ2) is 7.74. The second-order valence-corrected chi connectivity index (χ2v) is 5.16. The number of esters is 1. The molecule has 1 aliphatic rings. The van der Waals surface area contributed by atoms with Crippen molar-refractivity contribution in [3.8, 4) is 0 Å². The zero-order valence-corrected chi connectivity index (χ0v) is 11.9. The van der Waals surface area contributed by atoms with Crippen LogP contribution in [0, 0.1) is 5.92 Å². The van der Waals surface area contributed by atoms with E-state index in [0.29, 0.717) is 13.0 Å². The zero-order chi connectivity index (χ0) is 13.5. The van der Waals surface area contributed by atoms with Gasteiger partial charge in [-0.3, -0.25) is 4.79 Å². The van der Waals surface area contributed by atoms with Gasteiger partial charge >= 0.3 is 5.97 Å². The summed E-state index contributed by atoms with van der Waals surface area (Å²) in [5.74, 6) is -0.00597. The molecule has 2 N–H and O–H groups in total. The molecule has 1 fully saturated rings. The molecule has 0 aromatic heterocycles. The fourth-order valence-corrected chi connectivity index (χ4v) is 2.53. The van der Waals surface area contributed by atoms with E-state index in [9.17, 15) is 4.79 Å². The van der Waals surface area contributed by atoms with Gasteiger partial charge in [0.25, 0.3) is 0 Å². The van der Waals surface area contributed by atoms with Crippen LogP contribution < -0.4 is 5.73 Å². The van der Waals surface area contributed by atoms with Gasteiger partial charge in [-0.25, -0.2) is 0 Å². The Balaban J connectivity index is 2.75. The summed E-state index contributed by atoms with van der Waals surface area (Å²) in [5, 5.41) is 0. The molecule has 1 heterocycles. The molecule has 4 nitrogen and oxygen atoms in total. The first-order valence-corrected chi connectivity index (χ1v) is 7.17. The van der Waals surface area contributed by atoms with Gasteiger partial charge in [0.15, 0.2) is 0 Å². The summed E-state index contributed by atoms with van der Waals surface area (Å²) in [6.45, 7) is 6.80. The average molecular weight is 257 g/mol. The van der Waals surface area contributed by atoms with Gasteiger partial charge in [0.2, 0.25) is 0 Å². The first kappa shape index (κ1) is 15.4. The Bertz CT molecular complexity index is 257. The molecule has 1 saturated heterocycles. The van der Waals surface area contributed by atoms with Gasteiger partial charge in [0, 0.05) is 12.5 Å². The summed E-state index contributed by atoms with van der Waals surface area (Å²) in [6.07, 6.45) is 4.88. The molecular weight excluding hydrogens is 230 g/mol. The minimum absolute atomic E-state index is 0.113. The predicted octanol–water partition coefficient (Wildman–Crippen LogP) is 2.25. The van der Waals surface area contributed by atoms with Gasteiger partial charge < -0.3 is 15.2 Å². The molecule has 1 rings (SSSR count). The Morgan fingerprint density at radius 2 is 2.11 bits per heavy atom. The van der Waals surface area contributed by atoms with Crippen LogP contribution in [0.3, 0.4) is 0 Å². The van der Waals surface area contributed by atoms with E-state index >= 15 is 0 Å². The molecule has 0 radical (unpaired) electrons. The molecule has 0 bridgehead atoms. The largest absolute Gasteiger partial charge is 0.461 e. The fraction of sp³-hybridized carbons (Fsp3) is 0.929. The normalized spacial score (nSPS) is 34.3. The number of hydrogen-bond donors (Lipinski definition) is 1. The zero-order valence-electron chi connectivity index (χ0n) is 11.9. The lowest BCUT2D eigenvalue weighted by Gasteiger charge is -2.30. The molecule has 4 atom stereocenters.